The number of nitrogens with one attached hydrogen (secondary N) is 2. The fourth-order valence-corrected chi connectivity index (χ4v) is 4.46. The van der Waals surface area contributed by atoms with Crippen molar-refractivity contribution in [3.8, 4) is 33.9 Å². The van der Waals surface area contributed by atoms with Crippen LogP contribution < -0.4 is 4.72 Å². The Labute approximate surface area is 188 Å². The number of aromatic amines is 1. The van der Waals surface area contributed by atoms with E-state index in [0.717, 1.165) is 39.5 Å². The van der Waals surface area contributed by atoms with Crippen LogP contribution in [0.1, 0.15) is 25.8 Å². The molecule has 0 aliphatic heterocycles. The smallest absolute Gasteiger partial charge is 0.214 e. The molecule has 1 unspecified atom stereocenters. The highest BCUT2D eigenvalue weighted by atomic mass is 32.2. The molecule has 0 fully saturated rings. The summed E-state index contributed by atoms with van der Waals surface area (Å²) < 4.78 is 27.2. The highest BCUT2D eigenvalue weighted by Gasteiger charge is 2.18. The highest BCUT2D eigenvalue weighted by molar-refractivity contribution is 7.90. The minimum atomic E-state index is -3.31. The van der Waals surface area contributed by atoms with Crippen molar-refractivity contribution in [3.05, 3.63) is 84.7 Å². The van der Waals surface area contributed by atoms with Gasteiger partial charge in [-0.05, 0) is 31.0 Å². The van der Waals surface area contributed by atoms with Crippen LogP contribution in [0, 0.1) is 0 Å². The van der Waals surface area contributed by atoms with Gasteiger partial charge in [-0.25, -0.2) is 18.1 Å². The quantitative estimate of drug-likeness (QED) is 0.398. The van der Waals surface area contributed by atoms with Crippen LogP contribution in [0.3, 0.4) is 0 Å². The zero-order valence-electron chi connectivity index (χ0n) is 18.1. The topological polar surface area (TPSA) is 87.7 Å². The van der Waals surface area contributed by atoms with Crippen molar-refractivity contribution in [3.63, 3.8) is 0 Å². The van der Waals surface area contributed by atoms with Gasteiger partial charge in [-0.15, -0.1) is 0 Å². The molecule has 32 heavy (non-hydrogen) atoms. The van der Waals surface area contributed by atoms with Crippen LogP contribution in [-0.4, -0.2) is 28.6 Å². The molecule has 0 radical (unpaired) electrons. The van der Waals surface area contributed by atoms with Crippen LogP contribution in [0.4, 0.5) is 0 Å². The fourth-order valence-electron chi connectivity index (χ4n) is 3.37. The van der Waals surface area contributed by atoms with E-state index < -0.39 is 15.3 Å². The summed E-state index contributed by atoms with van der Waals surface area (Å²) in [4.78, 5) is 12.5. The first-order chi connectivity index (χ1) is 15.5. The van der Waals surface area contributed by atoms with Gasteiger partial charge in [-0.1, -0.05) is 61.5 Å². The number of sulfonamides is 1. The second-order valence-electron chi connectivity index (χ2n) is 7.69. The van der Waals surface area contributed by atoms with Crippen LogP contribution in [0.25, 0.3) is 33.9 Å². The van der Waals surface area contributed by atoms with E-state index in [2.05, 4.69) is 14.7 Å². The number of aromatic nitrogens is 3. The second kappa shape index (κ2) is 9.46. The maximum Gasteiger partial charge on any atom is 0.214 e. The summed E-state index contributed by atoms with van der Waals surface area (Å²) in [5, 5.41) is -0.411. The van der Waals surface area contributed by atoms with E-state index in [1.165, 1.54) is 0 Å². The van der Waals surface area contributed by atoms with Gasteiger partial charge in [0.15, 0.2) is 0 Å². The molecule has 7 heteroatoms. The molecule has 6 nitrogen and oxygen atoms in total. The summed E-state index contributed by atoms with van der Waals surface area (Å²) >= 11 is 0. The molecule has 4 aromatic rings. The Kier molecular flexibility index (Phi) is 6.48. The Hall–Kier alpha value is -3.29. The van der Waals surface area contributed by atoms with Gasteiger partial charge in [-0.2, -0.15) is 0 Å². The second-order valence-corrected chi connectivity index (χ2v) is 9.88. The van der Waals surface area contributed by atoms with Crippen LogP contribution in [-0.2, 0) is 16.6 Å². The third-order valence-corrected chi connectivity index (χ3v) is 7.47. The van der Waals surface area contributed by atoms with Crippen LogP contribution in [0.15, 0.2) is 79.1 Å². The lowest BCUT2D eigenvalue weighted by molar-refractivity contribution is 0.565. The van der Waals surface area contributed by atoms with E-state index in [1.807, 2.05) is 73.7 Å². The Morgan fingerprint density at radius 1 is 0.906 bits per heavy atom. The van der Waals surface area contributed by atoms with Gasteiger partial charge in [0.25, 0.3) is 0 Å². The largest absolute Gasteiger partial charge is 0.337 e. The van der Waals surface area contributed by atoms with Crippen molar-refractivity contribution in [2.24, 2.45) is 0 Å². The van der Waals surface area contributed by atoms with E-state index in [4.69, 9.17) is 4.98 Å². The number of H-pyrrole nitrogens is 1. The number of benzene rings is 2. The maximum atomic E-state index is 12.2. The van der Waals surface area contributed by atoms with Gasteiger partial charge < -0.3 is 4.98 Å². The average Bonchev–Trinajstić information content (AvgIpc) is 3.29. The van der Waals surface area contributed by atoms with E-state index in [0.29, 0.717) is 6.42 Å². The molecule has 0 bridgehead atoms. The molecule has 1 atom stereocenters. The molecule has 2 heterocycles. The van der Waals surface area contributed by atoms with Crippen molar-refractivity contribution < 1.29 is 8.42 Å². The van der Waals surface area contributed by atoms with Gasteiger partial charge >= 0.3 is 0 Å². The van der Waals surface area contributed by atoms with Gasteiger partial charge in [-0.3, -0.25) is 4.98 Å². The molecule has 2 aromatic carbocycles. The standard InChI is InChI=1S/C25H26N4O2S/c1-3-18(2)32(30,31)27-17-19-9-11-20(12-10-19)23-24(21-13-15-26-16-14-21)29-25(28-23)22-7-5-4-6-8-22/h4-16,18,27H,3,17H2,1-2H3,(H,28,29). The van der Waals surface area contributed by atoms with Crippen LogP contribution >= 0.6 is 0 Å². The Balaban J connectivity index is 1.65. The summed E-state index contributed by atoms with van der Waals surface area (Å²) in [7, 11) is -3.31. The number of rotatable bonds is 8. The van der Waals surface area contributed by atoms with Crippen molar-refractivity contribution >= 4 is 10.0 Å². The number of hydrogen-bond donors (Lipinski definition) is 2. The first-order valence-electron chi connectivity index (χ1n) is 10.6. The maximum absolute atomic E-state index is 12.2. The molecule has 0 amide bonds. The Morgan fingerprint density at radius 3 is 2.25 bits per heavy atom. The van der Waals surface area contributed by atoms with Gasteiger partial charge in [0, 0.05) is 35.6 Å². The Morgan fingerprint density at radius 2 is 1.59 bits per heavy atom. The zero-order valence-corrected chi connectivity index (χ0v) is 18.9. The van der Waals surface area contributed by atoms with Crippen molar-refractivity contribution in [2.45, 2.75) is 32.1 Å². The first-order valence-corrected chi connectivity index (χ1v) is 12.2. The summed E-state index contributed by atoms with van der Waals surface area (Å²) in [6.45, 7) is 3.85. The minimum Gasteiger partial charge on any atom is -0.337 e. The molecule has 0 aliphatic rings. The third-order valence-electron chi connectivity index (χ3n) is 5.53. The monoisotopic (exact) mass is 446 g/mol. The molecule has 4 rings (SSSR count). The van der Waals surface area contributed by atoms with Crippen molar-refractivity contribution in [1.29, 1.82) is 0 Å². The number of pyridine rings is 1. The SMILES string of the molecule is CCC(C)S(=O)(=O)NCc1ccc(-c2[nH]c(-c3ccccc3)nc2-c2ccncc2)cc1. The van der Waals surface area contributed by atoms with Crippen LogP contribution in [0.5, 0.6) is 0 Å². The lowest BCUT2D eigenvalue weighted by Gasteiger charge is -2.12. The third kappa shape index (κ3) is 4.79. The summed E-state index contributed by atoms with van der Waals surface area (Å²) in [5.41, 5.74) is 5.59. The molecule has 2 aromatic heterocycles. The summed E-state index contributed by atoms with van der Waals surface area (Å²) in [6.07, 6.45) is 4.08. The van der Waals surface area contributed by atoms with E-state index in [-0.39, 0.29) is 6.54 Å². The Bertz CT molecular complexity index is 1270. The van der Waals surface area contributed by atoms with Gasteiger partial charge in [0.1, 0.15) is 5.82 Å². The number of hydrogen-bond acceptors (Lipinski definition) is 4. The molecule has 0 spiro atoms. The fraction of sp³-hybridized carbons (Fsp3) is 0.200. The predicted octanol–water partition coefficient (Wildman–Crippen LogP) is 5.02. The molecule has 0 saturated heterocycles. The number of imidazole rings is 1. The average molecular weight is 447 g/mol. The van der Waals surface area contributed by atoms with Crippen molar-refractivity contribution in [1.82, 2.24) is 19.7 Å². The van der Waals surface area contributed by atoms with Crippen LogP contribution in [0.2, 0.25) is 0 Å². The molecular formula is C25H26N4O2S. The number of nitrogens with zero attached hydrogens (tertiary/aromatic N) is 2. The van der Waals surface area contributed by atoms with Gasteiger partial charge in [0.05, 0.1) is 16.6 Å². The lowest BCUT2D eigenvalue weighted by Crippen LogP contribution is -2.31. The molecule has 0 aliphatic carbocycles. The summed E-state index contributed by atoms with van der Waals surface area (Å²) in [6, 6.07) is 21.7. The zero-order chi connectivity index (χ0) is 22.6. The van der Waals surface area contributed by atoms with E-state index >= 15 is 0 Å². The van der Waals surface area contributed by atoms with E-state index in [1.54, 1.807) is 19.3 Å². The molecule has 164 valence electrons. The minimum absolute atomic E-state index is 0.266. The van der Waals surface area contributed by atoms with Gasteiger partial charge in [0.2, 0.25) is 10.0 Å². The molecule has 2 N–H and O–H groups in total. The van der Waals surface area contributed by atoms with E-state index in [9.17, 15) is 8.42 Å². The van der Waals surface area contributed by atoms with Crippen molar-refractivity contribution in [2.75, 3.05) is 0 Å². The highest BCUT2D eigenvalue weighted by Crippen LogP contribution is 2.32. The predicted molar refractivity (Wildman–Crippen MR) is 128 cm³/mol. The lowest BCUT2D eigenvalue weighted by atomic mass is 10.0. The normalized spacial score (nSPS) is 12.6. The molecular weight excluding hydrogens is 420 g/mol. The first kappa shape index (κ1) is 21.9. The summed E-state index contributed by atoms with van der Waals surface area (Å²) in [5.74, 6) is 0.790. The molecule has 0 saturated carbocycles.